The molecule has 1 N–H and O–H groups in total. The van der Waals surface area contributed by atoms with Crippen molar-refractivity contribution < 1.29 is 37.7 Å². The summed E-state index contributed by atoms with van der Waals surface area (Å²) in [5.41, 5.74) is -0.780. The highest BCUT2D eigenvalue weighted by Crippen LogP contribution is 2.32. The molecule has 0 radical (unpaired) electrons. The molecule has 1 amide bonds. The second-order valence-electron chi connectivity index (χ2n) is 7.77. The van der Waals surface area contributed by atoms with Gasteiger partial charge in [0, 0.05) is 13.0 Å². The number of carbonyl (C=O) groups excluding carboxylic acids is 3. The smallest absolute Gasteiger partial charge is 0.410 e. The van der Waals surface area contributed by atoms with Gasteiger partial charge in [-0.3, -0.25) is 0 Å². The Balaban J connectivity index is 2.18. The largest absolute Gasteiger partial charge is 0.483 e. The van der Waals surface area contributed by atoms with Crippen LogP contribution in [0.5, 0.6) is 5.75 Å². The number of esters is 2. The number of para-hydroxylation sites is 1. The van der Waals surface area contributed by atoms with E-state index in [0.717, 1.165) is 20.3 Å². The highest BCUT2D eigenvalue weighted by molar-refractivity contribution is 5.99. The number of nitrogens with one attached hydrogen (secondary N) is 1. The molecule has 1 fully saturated rings. The lowest BCUT2D eigenvalue weighted by Crippen LogP contribution is -2.36. The Morgan fingerprint density at radius 1 is 1.19 bits per heavy atom. The van der Waals surface area contributed by atoms with E-state index >= 15 is 0 Å². The summed E-state index contributed by atoms with van der Waals surface area (Å²) >= 11 is 0. The zero-order valence-electron chi connectivity index (χ0n) is 18.2. The van der Waals surface area contributed by atoms with Gasteiger partial charge in [-0.05, 0) is 32.9 Å². The standard InChI is InChI=1S/C21H27FN2O7/c1-21(2,3)31-20(27)24-10-9-13(12-24)30-18-14(22)7-6-8-15(18)23-16(19(26)29-5)11-17(25)28-4/h6-8,11,13,23H,9-10,12H2,1-5H3/b16-11+. The van der Waals surface area contributed by atoms with Gasteiger partial charge in [-0.2, -0.15) is 0 Å². The summed E-state index contributed by atoms with van der Waals surface area (Å²) in [6, 6.07) is 4.09. The van der Waals surface area contributed by atoms with Crippen molar-refractivity contribution in [3.05, 3.63) is 35.8 Å². The maximum absolute atomic E-state index is 14.5. The number of anilines is 1. The van der Waals surface area contributed by atoms with Gasteiger partial charge >= 0.3 is 18.0 Å². The number of hydrogen-bond acceptors (Lipinski definition) is 8. The molecule has 31 heavy (non-hydrogen) atoms. The van der Waals surface area contributed by atoms with E-state index in [-0.39, 0.29) is 23.7 Å². The third kappa shape index (κ3) is 6.87. The van der Waals surface area contributed by atoms with Crippen LogP contribution in [0.2, 0.25) is 0 Å². The van der Waals surface area contributed by atoms with Crippen molar-refractivity contribution in [1.82, 2.24) is 4.90 Å². The third-order valence-corrected chi connectivity index (χ3v) is 4.19. The molecule has 1 heterocycles. The lowest BCUT2D eigenvalue weighted by molar-refractivity contribution is -0.138. The Morgan fingerprint density at radius 3 is 2.52 bits per heavy atom. The first-order valence-corrected chi connectivity index (χ1v) is 9.62. The zero-order chi connectivity index (χ0) is 23.2. The molecule has 170 valence electrons. The van der Waals surface area contributed by atoms with Crippen LogP contribution >= 0.6 is 0 Å². The van der Waals surface area contributed by atoms with E-state index in [2.05, 4.69) is 14.8 Å². The summed E-state index contributed by atoms with van der Waals surface area (Å²) in [6.45, 7) is 5.92. The first-order valence-electron chi connectivity index (χ1n) is 9.62. The van der Waals surface area contributed by atoms with E-state index in [0.29, 0.717) is 13.0 Å². The van der Waals surface area contributed by atoms with Crippen molar-refractivity contribution in [2.24, 2.45) is 0 Å². The maximum Gasteiger partial charge on any atom is 0.410 e. The monoisotopic (exact) mass is 438 g/mol. The Kier molecular flexibility index (Phi) is 7.84. The second-order valence-corrected chi connectivity index (χ2v) is 7.77. The Labute approximate surface area is 180 Å². The molecule has 1 unspecified atom stereocenters. The van der Waals surface area contributed by atoms with Gasteiger partial charge in [-0.25, -0.2) is 18.8 Å². The average molecular weight is 438 g/mol. The molecule has 1 aromatic carbocycles. The molecule has 9 nitrogen and oxygen atoms in total. The minimum atomic E-state index is -0.849. The normalized spacial score (nSPS) is 16.5. The summed E-state index contributed by atoms with van der Waals surface area (Å²) in [5, 5.41) is 2.66. The van der Waals surface area contributed by atoms with Gasteiger partial charge in [0.05, 0.1) is 32.5 Å². The van der Waals surface area contributed by atoms with Crippen LogP contribution in [0, 0.1) is 5.82 Å². The fourth-order valence-corrected chi connectivity index (χ4v) is 2.79. The van der Waals surface area contributed by atoms with Crippen LogP contribution < -0.4 is 10.1 Å². The minimum Gasteiger partial charge on any atom is -0.483 e. The number of halogens is 1. The molecular formula is C21H27FN2O7. The predicted molar refractivity (Wildman–Crippen MR) is 109 cm³/mol. The molecule has 1 aromatic rings. The Bertz CT molecular complexity index is 864. The van der Waals surface area contributed by atoms with E-state index in [1.165, 1.54) is 23.1 Å². The average Bonchev–Trinajstić information content (AvgIpc) is 3.17. The number of likely N-dealkylation sites (tertiary alicyclic amines) is 1. The molecule has 0 bridgehead atoms. The van der Waals surface area contributed by atoms with Crippen LogP contribution in [0.1, 0.15) is 27.2 Å². The molecule has 0 aromatic heterocycles. The van der Waals surface area contributed by atoms with Gasteiger partial charge in [0.15, 0.2) is 11.6 Å². The lowest BCUT2D eigenvalue weighted by Gasteiger charge is -2.24. The number of hydrogen-bond donors (Lipinski definition) is 1. The van der Waals surface area contributed by atoms with Crippen LogP contribution in [0.4, 0.5) is 14.9 Å². The van der Waals surface area contributed by atoms with Crippen LogP contribution in [-0.4, -0.2) is 61.9 Å². The molecule has 1 atom stereocenters. The topological polar surface area (TPSA) is 103 Å². The fraction of sp³-hybridized carbons (Fsp3) is 0.476. The predicted octanol–water partition coefficient (Wildman–Crippen LogP) is 2.86. The van der Waals surface area contributed by atoms with Crippen molar-refractivity contribution in [2.75, 3.05) is 32.6 Å². The molecule has 0 aliphatic carbocycles. The van der Waals surface area contributed by atoms with E-state index in [4.69, 9.17) is 9.47 Å². The quantitative estimate of drug-likeness (QED) is 0.411. The van der Waals surface area contributed by atoms with E-state index < -0.39 is 35.6 Å². The highest BCUT2D eigenvalue weighted by Gasteiger charge is 2.32. The molecule has 1 aliphatic heterocycles. The maximum atomic E-state index is 14.5. The molecule has 0 saturated carbocycles. The third-order valence-electron chi connectivity index (χ3n) is 4.19. The Hall–Kier alpha value is -3.30. The van der Waals surface area contributed by atoms with E-state index in [1.54, 1.807) is 20.8 Å². The number of carbonyl (C=O) groups is 3. The van der Waals surface area contributed by atoms with Crippen LogP contribution in [-0.2, 0) is 23.8 Å². The van der Waals surface area contributed by atoms with Crippen molar-refractivity contribution in [3.8, 4) is 5.75 Å². The first kappa shape index (κ1) is 24.0. The summed E-state index contributed by atoms with van der Waals surface area (Å²) < 4.78 is 34.9. The number of methoxy groups -OCH3 is 2. The van der Waals surface area contributed by atoms with E-state index in [9.17, 15) is 18.8 Å². The minimum absolute atomic E-state index is 0.108. The lowest BCUT2D eigenvalue weighted by atomic mass is 10.2. The first-order chi connectivity index (χ1) is 14.5. The van der Waals surface area contributed by atoms with Crippen molar-refractivity contribution in [3.63, 3.8) is 0 Å². The molecular weight excluding hydrogens is 411 g/mol. The summed E-state index contributed by atoms with van der Waals surface area (Å²) in [4.78, 5) is 37.3. The van der Waals surface area contributed by atoms with Gasteiger partial charge in [0.2, 0.25) is 0 Å². The molecule has 0 spiro atoms. The van der Waals surface area contributed by atoms with Crippen molar-refractivity contribution in [1.29, 1.82) is 0 Å². The molecule has 10 heteroatoms. The SMILES string of the molecule is COC(=O)/C=C(/Nc1cccc(F)c1OC1CCN(C(=O)OC(C)(C)C)C1)C(=O)OC. The van der Waals surface area contributed by atoms with Crippen LogP contribution in [0.25, 0.3) is 0 Å². The molecule has 1 saturated heterocycles. The fourth-order valence-electron chi connectivity index (χ4n) is 2.79. The van der Waals surface area contributed by atoms with Gasteiger partial charge in [-0.1, -0.05) is 6.07 Å². The summed E-state index contributed by atoms with van der Waals surface area (Å²) in [7, 11) is 2.29. The van der Waals surface area contributed by atoms with Crippen LogP contribution in [0.15, 0.2) is 30.0 Å². The highest BCUT2D eigenvalue weighted by atomic mass is 19.1. The van der Waals surface area contributed by atoms with Crippen molar-refractivity contribution >= 4 is 23.7 Å². The van der Waals surface area contributed by atoms with E-state index in [1.807, 2.05) is 0 Å². The van der Waals surface area contributed by atoms with Gasteiger partial charge in [0.1, 0.15) is 17.4 Å². The molecule has 2 rings (SSSR count). The van der Waals surface area contributed by atoms with Gasteiger partial charge in [-0.15, -0.1) is 0 Å². The van der Waals surface area contributed by atoms with Crippen molar-refractivity contribution in [2.45, 2.75) is 38.9 Å². The summed E-state index contributed by atoms with van der Waals surface area (Å²) in [6.07, 6.45) is 0.394. The van der Waals surface area contributed by atoms with Gasteiger partial charge < -0.3 is 29.2 Å². The number of nitrogens with zero attached hydrogens (tertiary/aromatic N) is 1. The number of amides is 1. The number of rotatable bonds is 6. The van der Waals surface area contributed by atoms with Gasteiger partial charge in [0.25, 0.3) is 0 Å². The Morgan fingerprint density at radius 2 is 1.90 bits per heavy atom. The summed E-state index contributed by atoms with van der Waals surface area (Å²) in [5.74, 6) is -2.48. The number of benzene rings is 1. The number of ether oxygens (including phenoxy) is 4. The second kappa shape index (κ2) is 10.1. The van der Waals surface area contributed by atoms with Crippen LogP contribution in [0.3, 0.4) is 0 Å². The zero-order valence-corrected chi connectivity index (χ0v) is 18.2. The molecule has 1 aliphatic rings.